The summed E-state index contributed by atoms with van der Waals surface area (Å²) in [6, 6.07) is 10.9. The summed E-state index contributed by atoms with van der Waals surface area (Å²) >= 11 is 0. The van der Waals surface area contributed by atoms with Gasteiger partial charge in [-0.2, -0.15) is 5.10 Å². The van der Waals surface area contributed by atoms with Crippen molar-refractivity contribution in [2.24, 2.45) is 13.0 Å². The Morgan fingerprint density at radius 3 is 2.55 bits per heavy atom. The van der Waals surface area contributed by atoms with Gasteiger partial charge in [0.15, 0.2) is 0 Å². The van der Waals surface area contributed by atoms with Crippen LogP contribution in [0.1, 0.15) is 35.7 Å². The largest absolute Gasteiger partial charge is 0.339 e. The minimum absolute atomic E-state index is 0.00929. The fraction of sp³-hybridized carbons (Fsp3) is 0.333. The Kier molecular flexibility index (Phi) is 4.99. The van der Waals surface area contributed by atoms with E-state index in [1.54, 1.807) is 23.7 Å². The fourth-order valence-electron chi connectivity index (χ4n) is 4.28. The lowest BCUT2D eigenvalue weighted by Gasteiger charge is -2.32. The Balaban J connectivity index is 1.74. The molecule has 150 valence electrons. The number of allylic oxidation sites excluding steroid dienone is 1. The van der Waals surface area contributed by atoms with Gasteiger partial charge in [-0.3, -0.25) is 9.48 Å². The third kappa shape index (κ3) is 3.35. The second-order valence-electron chi connectivity index (χ2n) is 8.02. The number of aryl methyl sites for hydroxylation is 2. The lowest BCUT2D eigenvalue weighted by molar-refractivity contribution is 0.0703. The summed E-state index contributed by atoms with van der Waals surface area (Å²) in [5, 5.41) is 5.37. The van der Waals surface area contributed by atoms with E-state index in [1.807, 2.05) is 36.2 Å². The Bertz CT molecular complexity index is 1110. The first kappa shape index (κ1) is 19.4. The number of aromatic nitrogens is 2. The summed E-state index contributed by atoms with van der Waals surface area (Å²) in [7, 11) is 1.81. The minimum atomic E-state index is -0.272. The molecule has 1 aliphatic rings. The molecule has 1 aliphatic heterocycles. The molecule has 3 aromatic rings. The van der Waals surface area contributed by atoms with Gasteiger partial charge in [0.1, 0.15) is 11.5 Å². The number of hydrogen-bond acceptors (Lipinski definition) is 2. The van der Waals surface area contributed by atoms with Gasteiger partial charge in [-0.1, -0.05) is 36.4 Å². The molecule has 2 heterocycles. The van der Waals surface area contributed by atoms with Gasteiger partial charge in [-0.05, 0) is 50.3 Å². The van der Waals surface area contributed by atoms with Crippen molar-refractivity contribution >= 4 is 16.8 Å². The van der Waals surface area contributed by atoms with Gasteiger partial charge in [0, 0.05) is 31.1 Å². The molecule has 1 saturated heterocycles. The first-order valence-electron chi connectivity index (χ1n) is 10.0. The van der Waals surface area contributed by atoms with Crippen LogP contribution in [-0.4, -0.2) is 33.7 Å². The highest BCUT2D eigenvalue weighted by Crippen LogP contribution is 2.33. The first-order chi connectivity index (χ1) is 13.9. The minimum Gasteiger partial charge on any atom is -0.339 e. The van der Waals surface area contributed by atoms with Crippen LogP contribution in [0.15, 0.2) is 48.6 Å². The van der Waals surface area contributed by atoms with Gasteiger partial charge in [0.25, 0.3) is 5.91 Å². The number of nitrogens with zero attached hydrogens (tertiary/aromatic N) is 3. The Hall–Kier alpha value is -2.95. The molecule has 0 radical (unpaired) electrons. The second-order valence-corrected chi connectivity index (χ2v) is 8.02. The number of fused-ring (bicyclic) bond motifs is 1. The maximum atomic E-state index is 14.7. The predicted octanol–water partition coefficient (Wildman–Crippen LogP) is 5.12. The summed E-state index contributed by atoms with van der Waals surface area (Å²) in [5.41, 5.74) is 4.16. The highest BCUT2D eigenvalue weighted by Gasteiger charge is 2.27. The van der Waals surface area contributed by atoms with Gasteiger partial charge in [-0.25, -0.2) is 4.39 Å². The smallest absolute Gasteiger partial charge is 0.256 e. The third-order valence-corrected chi connectivity index (χ3v) is 6.02. The lowest BCUT2D eigenvalue weighted by atomic mass is 9.90. The van der Waals surface area contributed by atoms with Gasteiger partial charge in [-0.15, -0.1) is 0 Å². The highest BCUT2D eigenvalue weighted by molar-refractivity contribution is 6.08. The quantitative estimate of drug-likeness (QED) is 0.582. The van der Waals surface area contributed by atoms with Gasteiger partial charge >= 0.3 is 0 Å². The van der Waals surface area contributed by atoms with Crippen molar-refractivity contribution in [3.63, 3.8) is 0 Å². The van der Waals surface area contributed by atoms with E-state index < -0.39 is 0 Å². The molecule has 0 saturated carbocycles. The predicted molar refractivity (Wildman–Crippen MR) is 114 cm³/mol. The van der Waals surface area contributed by atoms with Crippen LogP contribution in [0.5, 0.6) is 0 Å². The van der Waals surface area contributed by atoms with E-state index in [-0.39, 0.29) is 11.7 Å². The highest BCUT2D eigenvalue weighted by atomic mass is 19.1. The molecule has 1 amide bonds. The normalized spacial score (nSPS) is 15.1. The van der Waals surface area contributed by atoms with Crippen molar-refractivity contribution in [2.45, 2.75) is 26.7 Å². The van der Waals surface area contributed by atoms with Crippen LogP contribution < -0.4 is 0 Å². The number of benzene rings is 2. The first-order valence-corrected chi connectivity index (χ1v) is 10.0. The zero-order valence-electron chi connectivity index (χ0n) is 17.2. The molecular formula is C24H26FN3O. The molecule has 0 unspecified atom stereocenters. The third-order valence-electron chi connectivity index (χ3n) is 6.02. The molecular weight excluding hydrogens is 365 g/mol. The van der Waals surface area contributed by atoms with E-state index in [0.29, 0.717) is 28.3 Å². The van der Waals surface area contributed by atoms with E-state index in [0.717, 1.165) is 36.8 Å². The zero-order valence-corrected chi connectivity index (χ0v) is 17.2. The molecule has 29 heavy (non-hydrogen) atoms. The molecule has 1 fully saturated rings. The van der Waals surface area contributed by atoms with Crippen LogP contribution >= 0.6 is 0 Å². The molecule has 4 rings (SSSR count). The van der Waals surface area contributed by atoms with Crippen molar-refractivity contribution in [3.8, 4) is 11.3 Å². The average Bonchev–Trinajstić information content (AvgIpc) is 3.06. The second kappa shape index (κ2) is 7.47. The van der Waals surface area contributed by atoms with Crippen molar-refractivity contribution < 1.29 is 9.18 Å². The molecule has 0 aliphatic carbocycles. The van der Waals surface area contributed by atoms with Crippen LogP contribution in [0.2, 0.25) is 0 Å². The summed E-state index contributed by atoms with van der Waals surface area (Å²) < 4.78 is 16.4. The maximum absolute atomic E-state index is 14.7. The monoisotopic (exact) mass is 391 g/mol. The Labute approximate surface area is 170 Å². The number of halogens is 1. The summed E-state index contributed by atoms with van der Waals surface area (Å²) in [6.07, 6.45) is 1.89. The van der Waals surface area contributed by atoms with E-state index in [9.17, 15) is 9.18 Å². The van der Waals surface area contributed by atoms with Gasteiger partial charge in [0.05, 0.1) is 11.1 Å². The van der Waals surface area contributed by atoms with Crippen LogP contribution in [-0.2, 0) is 7.05 Å². The van der Waals surface area contributed by atoms with E-state index in [2.05, 4.69) is 18.6 Å². The average molecular weight is 391 g/mol. The van der Waals surface area contributed by atoms with Crippen molar-refractivity contribution in [1.82, 2.24) is 14.7 Å². The number of carbonyl (C=O) groups is 1. The summed E-state index contributed by atoms with van der Waals surface area (Å²) in [6.45, 7) is 9.31. The van der Waals surface area contributed by atoms with E-state index >= 15 is 0 Å². The number of likely N-dealkylation sites (tertiary alicyclic amines) is 1. The van der Waals surface area contributed by atoms with E-state index in [1.165, 1.54) is 5.57 Å². The van der Waals surface area contributed by atoms with Crippen LogP contribution in [0, 0.1) is 18.7 Å². The topological polar surface area (TPSA) is 38.1 Å². The molecule has 0 bridgehead atoms. The number of piperidine rings is 1. The van der Waals surface area contributed by atoms with Crippen LogP contribution in [0.4, 0.5) is 4.39 Å². The summed E-state index contributed by atoms with van der Waals surface area (Å²) in [4.78, 5) is 15.2. The number of carbonyl (C=O) groups excluding carboxylic acids is 1. The number of amides is 1. The van der Waals surface area contributed by atoms with Crippen molar-refractivity contribution in [1.29, 1.82) is 0 Å². The fourth-order valence-corrected chi connectivity index (χ4v) is 4.28. The van der Waals surface area contributed by atoms with Crippen molar-refractivity contribution in [2.75, 3.05) is 13.1 Å². The Morgan fingerprint density at radius 1 is 1.17 bits per heavy atom. The number of rotatable bonds is 3. The van der Waals surface area contributed by atoms with Crippen LogP contribution in [0.25, 0.3) is 22.2 Å². The molecule has 2 aromatic carbocycles. The Morgan fingerprint density at radius 2 is 1.86 bits per heavy atom. The van der Waals surface area contributed by atoms with Gasteiger partial charge < -0.3 is 4.90 Å². The SMILES string of the molecule is C=C(C)C1CCN(C(=O)c2cccc3c(-c4cccc(C)c4F)nn(C)c23)CC1. The molecule has 0 atom stereocenters. The molecule has 5 heteroatoms. The molecule has 4 nitrogen and oxygen atoms in total. The standard InChI is InChI=1S/C24H26FN3O/c1-15(2)17-11-13-28(14-12-17)24(29)20-10-6-9-19-22(26-27(4)23(19)20)18-8-5-7-16(3)21(18)25/h5-10,17H,1,11-14H2,2-4H3. The van der Waals surface area contributed by atoms with Gasteiger partial charge in [0.2, 0.25) is 0 Å². The van der Waals surface area contributed by atoms with Crippen molar-refractivity contribution in [3.05, 3.63) is 65.5 Å². The maximum Gasteiger partial charge on any atom is 0.256 e. The molecule has 1 aromatic heterocycles. The summed E-state index contributed by atoms with van der Waals surface area (Å²) in [5.74, 6) is 0.226. The number of hydrogen-bond donors (Lipinski definition) is 0. The number of para-hydroxylation sites is 1. The zero-order chi connectivity index (χ0) is 20.7. The van der Waals surface area contributed by atoms with Crippen LogP contribution in [0.3, 0.4) is 0 Å². The molecule has 0 spiro atoms. The molecule has 0 N–H and O–H groups in total. The lowest BCUT2D eigenvalue weighted by Crippen LogP contribution is -2.38. The van der Waals surface area contributed by atoms with E-state index in [4.69, 9.17) is 0 Å².